The summed E-state index contributed by atoms with van der Waals surface area (Å²) in [5.74, 6) is -0.809. The molecule has 1 aliphatic rings. The number of hydrogen-bond acceptors (Lipinski definition) is 5. The summed E-state index contributed by atoms with van der Waals surface area (Å²) in [6.07, 6.45) is -0.817. The lowest BCUT2D eigenvalue weighted by Gasteiger charge is -2.26. The fraction of sp³-hybridized carbons (Fsp3) is 0.385. The summed E-state index contributed by atoms with van der Waals surface area (Å²) in [4.78, 5) is 22.5. The van der Waals surface area contributed by atoms with E-state index in [-0.39, 0.29) is 18.8 Å². The smallest absolute Gasteiger partial charge is 0.350 e. The van der Waals surface area contributed by atoms with E-state index in [9.17, 15) is 9.59 Å². The standard InChI is InChI=1S/C13H14O6/c1-3-17-13(16)10-6-18-11-7(2)8(12(14)15)4-5-9(11)19-10/h4-5,10H,3,6H2,1-2H3,(H,14,15)/t10-/m0/s1. The Morgan fingerprint density at radius 2 is 2.21 bits per heavy atom. The number of carboxylic acids is 1. The second-order valence-corrected chi connectivity index (χ2v) is 4.04. The minimum absolute atomic E-state index is 0.00967. The summed E-state index contributed by atoms with van der Waals surface area (Å²) in [6, 6.07) is 2.91. The zero-order valence-corrected chi connectivity index (χ0v) is 10.6. The van der Waals surface area contributed by atoms with E-state index in [1.54, 1.807) is 13.8 Å². The van der Waals surface area contributed by atoms with E-state index in [4.69, 9.17) is 19.3 Å². The summed E-state index contributed by atoms with van der Waals surface area (Å²) in [5, 5.41) is 9.01. The number of hydrogen-bond donors (Lipinski definition) is 1. The molecule has 0 aliphatic carbocycles. The van der Waals surface area contributed by atoms with Gasteiger partial charge in [-0.25, -0.2) is 9.59 Å². The average Bonchev–Trinajstić information content (AvgIpc) is 2.38. The van der Waals surface area contributed by atoms with Crippen molar-refractivity contribution in [3.8, 4) is 11.5 Å². The highest BCUT2D eigenvalue weighted by atomic mass is 16.6. The van der Waals surface area contributed by atoms with Crippen LogP contribution in [0.25, 0.3) is 0 Å². The zero-order valence-electron chi connectivity index (χ0n) is 10.6. The molecule has 19 heavy (non-hydrogen) atoms. The molecule has 1 atom stereocenters. The molecule has 0 amide bonds. The van der Waals surface area contributed by atoms with Crippen molar-refractivity contribution in [2.75, 3.05) is 13.2 Å². The van der Waals surface area contributed by atoms with Crippen molar-refractivity contribution in [1.82, 2.24) is 0 Å². The number of aromatic carboxylic acids is 1. The molecule has 1 aliphatic heterocycles. The SMILES string of the molecule is CCOC(=O)[C@@H]1COc2c(ccc(C(=O)O)c2C)O1. The highest BCUT2D eigenvalue weighted by Crippen LogP contribution is 2.36. The molecule has 0 bridgehead atoms. The van der Waals surface area contributed by atoms with E-state index >= 15 is 0 Å². The number of rotatable bonds is 3. The number of carboxylic acid groups (broad SMARTS) is 1. The average molecular weight is 266 g/mol. The summed E-state index contributed by atoms with van der Waals surface area (Å²) in [6.45, 7) is 3.62. The fourth-order valence-electron chi connectivity index (χ4n) is 1.87. The Balaban J connectivity index is 2.26. The van der Waals surface area contributed by atoms with Gasteiger partial charge in [-0.1, -0.05) is 0 Å². The third kappa shape index (κ3) is 2.47. The number of ether oxygens (including phenoxy) is 3. The van der Waals surface area contributed by atoms with Crippen LogP contribution < -0.4 is 9.47 Å². The molecular formula is C13H14O6. The van der Waals surface area contributed by atoms with Gasteiger partial charge in [0.1, 0.15) is 6.61 Å². The maximum atomic E-state index is 11.5. The van der Waals surface area contributed by atoms with Crippen LogP contribution >= 0.6 is 0 Å². The number of carbonyl (C=O) groups excluding carboxylic acids is 1. The van der Waals surface area contributed by atoms with Crippen LogP contribution in [-0.4, -0.2) is 36.4 Å². The van der Waals surface area contributed by atoms with E-state index < -0.39 is 18.0 Å². The number of esters is 1. The molecular weight excluding hydrogens is 252 g/mol. The Kier molecular flexibility index (Phi) is 3.59. The number of benzene rings is 1. The Morgan fingerprint density at radius 3 is 2.84 bits per heavy atom. The normalized spacial score (nSPS) is 16.8. The summed E-state index contributed by atoms with van der Waals surface area (Å²) in [7, 11) is 0. The molecule has 0 saturated carbocycles. The fourth-order valence-corrected chi connectivity index (χ4v) is 1.87. The third-order valence-corrected chi connectivity index (χ3v) is 2.80. The molecule has 0 aromatic heterocycles. The van der Waals surface area contributed by atoms with Gasteiger partial charge >= 0.3 is 11.9 Å². The molecule has 0 spiro atoms. The molecule has 1 aromatic carbocycles. The lowest BCUT2D eigenvalue weighted by atomic mass is 10.1. The first-order valence-electron chi connectivity index (χ1n) is 5.87. The Morgan fingerprint density at radius 1 is 1.47 bits per heavy atom. The van der Waals surface area contributed by atoms with Gasteiger partial charge in [-0.2, -0.15) is 0 Å². The Hall–Kier alpha value is -2.24. The van der Waals surface area contributed by atoms with Gasteiger partial charge in [-0.15, -0.1) is 0 Å². The molecule has 1 heterocycles. The van der Waals surface area contributed by atoms with Crippen LogP contribution in [0.2, 0.25) is 0 Å². The van der Waals surface area contributed by atoms with Crippen LogP contribution in [0.15, 0.2) is 12.1 Å². The second-order valence-electron chi connectivity index (χ2n) is 4.04. The van der Waals surface area contributed by atoms with Crippen molar-refractivity contribution in [3.63, 3.8) is 0 Å². The lowest BCUT2D eigenvalue weighted by Crippen LogP contribution is -2.38. The maximum absolute atomic E-state index is 11.5. The van der Waals surface area contributed by atoms with Crippen LogP contribution in [0.1, 0.15) is 22.8 Å². The van der Waals surface area contributed by atoms with E-state index in [2.05, 4.69) is 0 Å². The van der Waals surface area contributed by atoms with Crippen LogP contribution in [0.5, 0.6) is 11.5 Å². The molecule has 102 valence electrons. The van der Waals surface area contributed by atoms with Crippen molar-refractivity contribution in [2.45, 2.75) is 20.0 Å². The molecule has 0 unspecified atom stereocenters. The lowest BCUT2D eigenvalue weighted by molar-refractivity contribution is -0.153. The van der Waals surface area contributed by atoms with Crippen molar-refractivity contribution >= 4 is 11.9 Å². The van der Waals surface area contributed by atoms with Crippen LogP contribution in [0.3, 0.4) is 0 Å². The van der Waals surface area contributed by atoms with Gasteiger partial charge < -0.3 is 19.3 Å². The van der Waals surface area contributed by atoms with E-state index in [1.807, 2.05) is 0 Å². The zero-order chi connectivity index (χ0) is 14.0. The van der Waals surface area contributed by atoms with Gasteiger partial charge in [-0.05, 0) is 26.0 Å². The Labute approximate surface area is 109 Å². The topological polar surface area (TPSA) is 82.1 Å². The molecule has 1 aromatic rings. The monoisotopic (exact) mass is 266 g/mol. The van der Waals surface area contributed by atoms with Crippen molar-refractivity contribution in [3.05, 3.63) is 23.3 Å². The van der Waals surface area contributed by atoms with E-state index in [1.165, 1.54) is 12.1 Å². The first-order chi connectivity index (χ1) is 9.04. The van der Waals surface area contributed by atoms with E-state index in [0.29, 0.717) is 17.1 Å². The van der Waals surface area contributed by atoms with Gasteiger partial charge in [0.05, 0.1) is 12.2 Å². The first-order valence-corrected chi connectivity index (χ1v) is 5.87. The highest BCUT2D eigenvalue weighted by molar-refractivity contribution is 5.90. The molecule has 1 N–H and O–H groups in total. The predicted molar refractivity (Wildman–Crippen MR) is 64.7 cm³/mol. The highest BCUT2D eigenvalue weighted by Gasteiger charge is 2.30. The molecule has 0 radical (unpaired) electrons. The molecule has 6 nitrogen and oxygen atoms in total. The van der Waals surface area contributed by atoms with Crippen molar-refractivity contribution in [2.24, 2.45) is 0 Å². The summed E-state index contributed by atoms with van der Waals surface area (Å²) >= 11 is 0. The van der Waals surface area contributed by atoms with Crippen molar-refractivity contribution < 1.29 is 28.9 Å². The molecule has 0 saturated heterocycles. The van der Waals surface area contributed by atoms with Gasteiger partial charge in [0.25, 0.3) is 0 Å². The van der Waals surface area contributed by atoms with Gasteiger partial charge in [0.15, 0.2) is 11.5 Å². The summed E-state index contributed by atoms with van der Waals surface area (Å²) in [5.41, 5.74) is 0.629. The number of carbonyl (C=O) groups is 2. The van der Waals surface area contributed by atoms with Crippen molar-refractivity contribution in [1.29, 1.82) is 0 Å². The minimum atomic E-state index is -1.03. The van der Waals surface area contributed by atoms with Gasteiger partial charge in [0, 0.05) is 5.56 Å². The van der Waals surface area contributed by atoms with E-state index in [0.717, 1.165) is 0 Å². The molecule has 0 fully saturated rings. The number of fused-ring (bicyclic) bond motifs is 1. The van der Waals surface area contributed by atoms with Crippen LogP contribution in [-0.2, 0) is 9.53 Å². The van der Waals surface area contributed by atoms with Crippen LogP contribution in [0.4, 0.5) is 0 Å². The van der Waals surface area contributed by atoms with Gasteiger partial charge in [-0.3, -0.25) is 0 Å². The molecule has 2 rings (SSSR count). The summed E-state index contributed by atoms with van der Waals surface area (Å²) < 4.78 is 15.8. The second kappa shape index (κ2) is 5.17. The third-order valence-electron chi connectivity index (χ3n) is 2.80. The Bertz CT molecular complexity index is 522. The molecule has 6 heteroatoms. The quantitative estimate of drug-likeness (QED) is 0.833. The van der Waals surface area contributed by atoms with Gasteiger partial charge in [0.2, 0.25) is 6.10 Å². The van der Waals surface area contributed by atoms with Crippen LogP contribution in [0, 0.1) is 6.92 Å². The minimum Gasteiger partial charge on any atom is -0.485 e. The largest absolute Gasteiger partial charge is 0.485 e. The first kappa shape index (κ1) is 13.2. The maximum Gasteiger partial charge on any atom is 0.350 e. The predicted octanol–water partition coefficient (Wildman–Crippen LogP) is 1.40.